The fourth-order valence-electron chi connectivity index (χ4n) is 2.75. The molecule has 1 fully saturated rings. The van der Waals surface area contributed by atoms with Crippen LogP contribution < -0.4 is 5.32 Å². The van der Waals surface area contributed by atoms with Crippen LogP contribution in [0.2, 0.25) is 0 Å². The molecule has 0 spiro atoms. The number of anilines is 1. The van der Waals surface area contributed by atoms with Gasteiger partial charge in [-0.2, -0.15) is 0 Å². The lowest BCUT2D eigenvalue weighted by Crippen LogP contribution is -2.41. The SMILES string of the molecule is CCNc1cc(C(=O)N2CCCC(CO)C2)cc(CC)n1. The van der Waals surface area contributed by atoms with Gasteiger partial charge in [0.25, 0.3) is 5.91 Å². The van der Waals surface area contributed by atoms with Crippen LogP contribution in [0.1, 0.15) is 42.7 Å². The van der Waals surface area contributed by atoms with Gasteiger partial charge in [-0.25, -0.2) is 4.98 Å². The van der Waals surface area contributed by atoms with Crippen LogP contribution in [0.5, 0.6) is 0 Å². The lowest BCUT2D eigenvalue weighted by atomic mass is 9.98. The largest absolute Gasteiger partial charge is 0.396 e. The van der Waals surface area contributed by atoms with Crippen LogP contribution in [0.25, 0.3) is 0 Å². The van der Waals surface area contributed by atoms with Gasteiger partial charge in [0.05, 0.1) is 0 Å². The van der Waals surface area contributed by atoms with Crippen molar-refractivity contribution in [2.24, 2.45) is 5.92 Å². The van der Waals surface area contributed by atoms with Gasteiger partial charge in [0, 0.05) is 37.5 Å². The van der Waals surface area contributed by atoms with Crippen LogP contribution >= 0.6 is 0 Å². The van der Waals surface area contributed by atoms with Gasteiger partial charge in [0.1, 0.15) is 5.82 Å². The maximum Gasteiger partial charge on any atom is 0.254 e. The highest BCUT2D eigenvalue weighted by Crippen LogP contribution is 2.20. The number of nitrogens with zero attached hydrogens (tertiary/aromatic N) is 2. The number of hydrogen-bond donors (Lipinski definition) is 2. The monoisotopic (exact) mass is 291 g/mol. The second kappa shape index (κ2) is 7.41. The van der Waals surface area contributed by atoms with E-state index in [1.54, 1.807) is 0 Å². The first-order chi connectivity index (χ1) is 10.2. The third-order valence-electron chi connectivity index (χ3n) is 3.91. The molecule has 1 aromatic heterocycles. The molecule has 5 nitrogen and oxygen atoms in total. The summed E-state index contributed by atoms with van der Waals surface area (Å²) in [6, 6.07) is 3.71. The van der Waals surface area contributed by atoms with Crippen molar-refractivity contribution < 1.29 is 9.90 Å². The lowest BCUT2D eigenvalue weighted by Gasteiger charge is -2.32. The molecule has 1 aromatic rings. The van der Waals surface area contributed by atoms with Crippen molar-refractivity contribution in [2.45, 2.75) is 33.1 Å². The molecule has 2 rings (SSSR count). The number of rotatable bonds is 5. The van der Waals surface area contributed by atoms with E-state index < -0.39 is 0 Å². The molecule has 5 heteroatoms. The summed E-state index contributed by atoms with van der Waals surface area (Å²) in [5.41, 5.74) is 1.61. The summed E-state index contributed by atoms with van der Waals surface area (Å²) in [5, 5.41) is 12.5. The minimum Gasteiger partial charge on any atom is -0.396 e. The van der Waals surface area contributed by atoms with Gasteiger partial charge >= 0.3 is 0 Å². The summed E-state index contributed by atoms with van der Waals surface area (Å²) in [4.78, 5) is 19.0. The summed E-state index contributed by atoms with van der Waals surface area (Å²) in [6.07, 6.45) is 2.76. The second-order valence-electron chi connectivity index (χ2n) is 5.56. The van der Waals surface area contributed by atoms with E-state index >= 15 is 0 Å². The van der Waals surface area contributed by atoms with E-state index in [-0.39, 0.29) is 18.4 Å². The molecule has 1 aliphatic heterocycles. The van der Waals surface area contributed by atoms with Crippen molar-refractivity contribution in [3.63, 3.8) is 0 Å². The number of carbonyl (C=O) groups is 1. The fraction of sp³-hybridized carbons (Fsp3) is 0.625. The molecule has 1 atom stereocenters. The number of carbonyl (C=O) groups excluding carboxylic acids is 1. The topological polar surface area (TPSA) is 65.5 Å². The highest BCUT2D eigenvalue weighted by Gasteiger charge is 2.24. The summed E-state index contributed by atoms with van der Waals surface area (Å²) < 4.78 is 0. The molecule has 1 amide bonds. The minimum atomic E-state index is 0.0457. The second-order valence-corrected chi connectivity index (χ2v) is 5.56. The smallest absolute Gasteiger partial charge is 0.254 e. The molecule has 116 valence electrons. The molecule has 1 saturated heterocycles. The molecule has 21 heavy (non-hydrogen) atoms. The Labute approximate surface area is 126 Å². The van der Waals surface area contributed by atoms with Crippen molar-refractivity contribution >= 4 is 11.7 Å². The number of piperidine rings is 1. The number of nitrogens with one attached hydrogen (secondary N) is 1. The Bertz CT molecular complexity index is 490. The predicted molar refractivity (Wildman–Crippen MR) is 83.5 cm³/mol. The summed E-state index contributed by atoms with van der Waals surface area (Å²) >= 11 is 0. The van der Waals surface area contributed by atoms with Crippen LogP contribution in [-0.4, -0.2) is 47.1 Å². The molecule has 0 bridgehead atoms. The number of aromatic nitrogens is 1. The lowest BCUT2D eigenvalue weighted by molar-refractivity contribution is 0.0620. The van der Waals surface area contributed by atoms with Crippen LogP contribution in [-0.2, 0) is 6.42 Å². The van der Waals surface area contributed by atoms with E-state index in [9.17, 15) is 9.90 Å². The zero-order valence-electron chi connectivity index (χ0n) is 12.9. The van der Waals surface area contributed by atoms with E-state index in [4.69, 9.17) is 0 Å². The molecular weight excluding hydrogens is 266 g/mol. The van der Waals surface area contributed by atoms with Gasteiger partial charge in [0.15, 0.2) is 0 Å². The molecule has 0 saturated carbocycles. The number of aliphatic hydroxyl groups excluding tert-OH is 1. The summed E-state index contributed by atoms with van der Waals surface area (Å²) in [5.74, 6) is 1.02. The molecule has 1 aliphatic rings. The number of amides is 1. The Balaban J connectivity index is 2.19. The number of hydrogen-bond acceptors (Lipinski definition) is 4. The zero-order valence-corrected chi connectivity index (χ0v) is 12.9. The summed E-state index contributed by atoms with van der Waals surface area (Å²) in [6.45, 7) is 6.41. The van der Waals surface area contributed by atoms with Gasteiger partial charge in [-0.1, -0.05) is 6.92 Å². The molecule has 0 radical (unpaired) electrons. The Morgan fingerprint density at radius 1 is 1.48 bits per heavy atom. The molecule has 1 unspecified atom stereocenters. The van der Waals surface area contributed by atoms with Gasteiger partial charge in [-0.3, -0.25) is 4.79 Å². The third kappa shape index (κ3) is 3.94. The van der Waals surface area contributed by atoms with E-state index in [0.29, 0.717) is 12.1 Å². The predicted octanol–water partition coefficient (Wildman–Crippen LogP) is 1.92. The molecule has 2 heterocycles. The van der Waals surface area contributed by atoms with Gasteiger partial charge < -0.3 is 15.3 Å². The maximum atomic E-state index is 12.7. The Kier molecular flexibility index (Phi) is 5.56. The van der Waals surface area contributed by atoms with Crippen molar-refractivity contribution in [2.75, 3.05) is 31.6 Å². The van der Waals surface area contributed by atoms with Crippen molar-refractivity contribution in [3.05, 3.63) is 23.4 Å². The van der Waals surface area contributed by atoms with Gasteiger partial charge in [-0.15, -0.1) is 0 Å². The Hall–Kier alpha value is -1.62. The van der Waals surface area contributed by atoms with Crippen molar-refractivity contribution in [1.82, 2.24) is 9.88 Å². The van der Waals surface area contributed by atoms with Crippen molar-refractivity contribution in [3.8, 4) is 0 Å². The first kappa shape index (κ1) is 15.8. The van der Waals surface area contributed by atoms with E-state index in [0.717, 1.165) is 43.9 Å². The van der Waals surface area contributed by atoms with E-state index in [2.05, 4.69) is 10.3 Å². The summed E-state index contributed by atoms with van der Waals surface area (Å²) in [7, 11) is 0. The number of aryl methyl sites for hydroxylation is 1. The average Bonchev–Trinajstić information content (AvgIpc) is 2.54. The number of aliphatic hydroxyl groups is 1. The van der Waals surface area contributed by atoms with Crippen molar-refractivity contribution in [1.29, 1.82) is 0 Å². The molecular formula is C16H25N3O2. The van der Waals surface area contributed by atoms with Crippen LogP contribution in [0.15, 0.2) is 12.1 Å². The van der Waals surface area contributed by atoms with E-state index in [1.807, 2.05) is 30.9 Å². The average molecular weight is 291 g/mol. The molecule has 0 aliphatic carbocycles. The van der Waals surface area contributed by atoms with Gasteiger partial charge in [0.2, 0.25) is 0 Å². The maximum absolute atomic E-state index is 12.7. The number of likely N-dealkylation sites (tertiary alicyclic amines) is 1. The minimum absolute atomic E-state index is 0.0457. The molecule has 0 aromatic carbocycles. The standard InChI is InChI=1S/C16H25N3O2/c1-3-14-8-13(9-15(18-14)17-4-2)16(21)19-7-5-6-12(10-19)11-20/h8-9,12,20H,3-7,10-11H2,1-2H3,(H,17,18). The number of pyridine rings is 1. The third-order valence-corrected chi connectivity index (χ3v) is 3.91. The normalized spacial score (nSPS) is 18.6. The van der Waals surface area contributed by atoms with Crippen LogP contribution in [0, 0.1) is 5.92 Å². The van der Waals surface area contributed by atoms with Crippen LogP contribution in [0.3, 0.4) is 0 Å². The van der Waals surface area contributed by atoms with Gasteiger partial charge in [-0.05, 0) is 44.2 Å². The van der Waals surface area contributed by atoms with E-state index in [1.165, 1.54) is 0 Å². The highest BCUT2D eigenvalue weighted by molar-refractivity contribution is 5.95. The first-order valence-electron chi connectivity index (χ1n) is 7.82. The Morgan fingerprint density at radius 3 is 2.95 bits per heavy atom. The Morgan fingerprint density at radius 2 is 2.29 bits per heavy atom. The quantitative estimate of drug-likeness (QED) is 0.870. The zero-order chi connectivity index (χ0) is 15.2. The van der Waals surface area contributed by atoms with Crippen LogP contribution in [0.4, 0.5) is 5.82 Å². The highest BCUT2D eigenvalue weighted by atomic mass is 16.3. The molecule has 2 N–H and O–H groups in total. The first-order valence-corrected chi connectivity index (χ1v) is 7.82. The fourth-order valence-corrected chi connectivity index (χ4v) is 2.75.